The predicted octanol–water partition coefficient (Wildman–Crippen LogP) is 3.40. The molecule has 0 radical (unpaired) electrons. The van der Waals surface area contributed by atoms with Crippen LogP contribution in [0.5, 0.6) is 0 Å². The summed E-state index contributed by atoms with van der Waals surface area (Å²) in [5, 5.41) is 2.86. The maximum absolute atomic E-state index is 2.18. The van der Waals surface area contributed by atoms with E-state index in [9.17, 15) is 0 Å². The molecule has 2 aliphatic carbocycles. The smallest absolute Gasteiger partial charge is 0.00987 e. The topological polar surface area (TPSA) is 35.0 Å². The van der Waals surface area contributed by atoms with E-state index in [-0.39, 0.29) is 18.6 Å². The van der Waals surface area contributed by atoms with Crippen LogP contribution in [0.25, 0.3) is 21.9 Å². The predicted molar refractivity (Wildman–Crippen MR) is 55.2 cm³/mol. The first-order valence-electron chi connectivity index (χ1n) is 3.49. The van der Waals surface area contributed by atoms with E-state index in [0.717, 1.165) is 0 Å². The van der Waals surface area contributed by atoms with E-state index in [1.165, 1.54) is 21.9 Å². The van der Waals surface area contributed by atoms with E-state index in [1.807, 2.05) is 0 Å². The Hall–Kier alpha value is -1.05. The number of benzene rings is 2. The van der Waals surface area contributed by atoms with Crippen LogP contribution in [0.1, 0.15) is 0 Å². The highest BCUT2D eigenvalue weighted by Gasteiger charge is 2.16. The van der Waals surface area contributed by atoms with Gasteiger partial charge < -0.3 is 6.15 Å². The first-order chi connectivity index (χ1) is 4.97. The molecule has 1 aromatic rings. The summed E-state index contributed by atoms with van der Waals surface area (Å²) in [6.07, 6.45) is 0. The van der Waals surface area contributed by atoms with E-state index in [1.54, 1.807) is 0 Å². The van der Waals surface area contributed by atoms with Crippen LogP contribution in [0.2, 0.25) is 0 Å². The van der Waals surface area contributed by atoms with Gasteiger partial charge in [0.05, 0.1) is 0 Å². The third kappa shape index (κ3) is 0.779. The van der Waals surface area contributed by atoms with Gasteiger partial charge in [-0.05, 0) is 21.9 Å². The van der Waals surface area contributed by atoms with Gasteiger partial charge in [0, 0.05) is 0 Å². The van der Waals surface area contributed by atoms with Crippen molar-refractivity contribution in [2.75, 3.05) is 0 Å². The Labute approximate surface area is 77.4 Å². The Morgan fingerprint density at radius 1 is 0.667 bits per heavy atom. The average Bonchev–Trinajstić information content (AvgIpc) is 1.90. The molecule has 0 aromatic heterocycles. The Bertz CT molecular complexity index is 382. The zero-order valence-corrected chi connectivity index (χ0v) is 7.40. The van der Waals surface area contributed by atoms with Gasteiger partial charge in [-0.3, -0.25) is 0 Å². The molecular formula is C10H10ClN. The fourth-order valence-electron chi connectivity index (χ4n) is 1.61. The number of halogens is 1. The van der Waals surface area contributed by atoms with Gasteiger partial charge in [-0.1, -0.05) is 36.4 Å². The highest BCUT2D eigenvalue weighted by molar-refractivity contribution is 6.16. The van der Waals surface area contributed by atoms with Gasteiger partial charge in [-0.15, -0.1) is 12.4 Å². The Balaban J connectivity index is 0.000000360. The number of fused-ring (bicyclic) bond motifs is 4. The molecule has 0 saturated carbocycles. The highest BCUT2D eigenvalue weighted by Crippen LogP contribution is 2.43. The van der Waals surface area contributed by atoms with Crippen LogP contribution in [0.15, 0.2) is 36.4 Å². The van der Waals surface area contributed by atoms with E-state index >= 15 is 0 Å². The molecule has 2 aliphatic rings. The SMILES string of the molecule is Cl.N.c1ccc2c3ccc-3c2c1. The molecule has 0 bridgehead atoms. The lowest BCUT2D eigenvalue weighted by Crippen LogP contribution is -1.93. The summed E-state index contributed by atoms with van der Waals surface area (Å²) in [7, 11) is 0. The van der Waals surface area contributed by atoms with Crippen molar-refractivity contribution in [1.29, 1.82) is 0 Å². The third-order valence-corrected chi connectivity index (χ3v) is 2.21. The van der Waals surface area contributed by atoms with Crippen molar-refractivity contribution in [3.63, 3.8) is 0 Å². The van der Waals surface area contributed by atoms with E-state index in [0.29, 0.717) is 0 Å². The van der Waals surface area contributed by atoms with Crippen molar-refractivity contribution in [3.05, 3.63) is 36.4 Å². The molecule has 1 nitrogen and oxygen atoms in total. The summed E-state index contributed by atoms with van der Waals surface area (Å²) in [5.74, 6) is 0. The first kappa shape index (κ1) is 9.04. The van der Waals surface area contributed by atoms with E-state index in [4.69, 9.17) is 0 Å². The van der Waals surface area contributed by atoms with Gasteiger partial charge >= 0.3 is 0 Å². The van der Waals surface area contributed by atoms with Crippen molar-refractivity contribution >= 4 is 23.2 Å². The fraction of sp³-hybridized carbons (Fsp3) is 0. The van der Waals surface area contributed by atoms with Gasteiger partial charge in [-0.25, -0.2) is 0 Å². The standard InChI is InChI=1S/C10H6.ClH.H3N/c1-2-4-8-7(3-1)9-5-6-10(8)9;;/h1-6H;1H;1H3. The molecule has 2 heteroatoms. The lowest BCUT2D eigenvalue weighted by Gasteiger charge is -2.20. The second-order valence-corrected chi connectivity index (χ2v) is 2.71. The minimum absolute atomic E-state index is 0. The zero-order valence-electron chi connectivity index (χ0n) is 6.58. The highest BCUT2D eigenvalue weighted by atomic mass is 35.5. The van der Waals surface area contributed by atoms with Crippen LogP contribution in [0.4, 0.5) is 0 Å². The summed E-state index contributed by atoms with van der Waals surface area (Å²) >= 11 is 0. The molecule has 0 amide bonds. The molecule has 0 unspecified atom stereocenters. The minimum atomic E-state index is 0. The molecular weight excluding hydrogens is 170 g/mol. The van der Waals surface area contributed by atoms with Crippen molar-refractivity contribution in [3.8, 4) is 11.1 Å². The van der Waals surface area contributed by atoms with Crippen LogP contribution >= 0.6 is 12.4 Å². The summed E-state index contributed by atoms with van der Waals surface area (Å²) in [6, 6.07) is 12.9. The number of rotatable bonds is 0. The molecule has 12 heavy (non-hydrogen) atoms. The maximum atomic E-state index is 2.18. The average molecular weight is 180 g/mol. The van der Waals surface area contributed by atoms with Gasteiger partial charge in [0.25, 0.3) is 0 Å². The lowest BCUT2D eigenvalue weighted by molar-refractivity contribution is 1.63. The molecule has 0 spiro atoms. The Morgan fingerprint density at radius 2 is 1.08 bits per heavy atom. The van der Waals surface area contributed by atoms with Gasteiger partial charge in [0.15, 0.2) is 0 Å². The molecule has 62 valence electrons. The molecule has 1 aromatic carbocycles. The monoisotopic (exact) mass is 179 g/mol. The third-order valence-electron chi connectivity index (χ3n) is 2.21. The number of hydrogen-bond acceptors (Lipinski definition) is 1. The van der Waals surface area contributed by atoms with Gasteiger partial charge in [0.1, 0.15) is 0 Å². The van der Waals surface area contributed by atoms with Crippen LogP contribution < -0.4 is 6.15 Å². The quantitative estimate of drug-likeness (QED) is 0.564. The molecule has 0 heterocycles. The van der Waals surface area contributed by atoms with Crippen LogP contribution in [0, 0.1) is 0 Å². The summed E-state index contributed by atoms with van der Waals surface area (Å²) < 4.78 is 0. The van der Waals surface area contributed by atoms with Crippen molar-refractivity contribution < 1.29 is 0 Å². The molecule has 0 fully saturated rings. The zero-order chi connectivity index (χ0) is 6.55. The lowest BCUT2D eigenvalue weighted by atomic mass is 9.83. The molecule has 0 aliphatic heterocycles. The summed E-state index contributed by atoms with van der Waals surface area (Å²) in [6.45, 7) is 0. The minimum Gasteiger partial charge on any atom is -0.344 e. The summed E-state index contributed by atoms with van der Waals surface area (Å²) in [4.78, 5) is 0. The van der Waals surface area contributed by atoms with Crippen LogP contribution in [-0.2, 0) is 0 Å². The van der Waals surface area contributed by atoms with Crippen molar-refractivity contribution in [2.45, 2.75) is 0 Å². The normalized spacial score (nSPS) is 10.0. The second-order valence-electron chi connectivity index (χ2n) is 2.71. The maximum Gasteiger partial charge on any atom is -0.00987 e. The Morgan fingerprint density at radius 3 is 1.42 bits per heavy atom. The summed E-state index contributed by atoms with van der Waals surface area (Å²) in [5.41, 5.74) is 2.91. The van der Waals surface area contributed by atoms with Crippen LogP contribution in [0.3, 0.4) is 0 Å². The Kier molecular flexibility index (Phi) is 2.09. The van der Waals surface area contributed by atoms with Gasteiger partial charge in [0.2, 0.25) is 0 Å². The first-order valence-corrected chi connectivity index (χ1v) is 3.49. The van der Waals surface area contributed by atoms with E-state index in [2.05, 4.69) is 36.4 Å². The largest absolute Gasteiger partial charge is 0.344 e. The number of hydrogen-bond donors (Lipinski definition) is 1. The van der Waals surface area contributed by atoms with E-state index < -0.39 is 0 Å². The van der Waals surface area contributed by atoms with Crippen molar-refractivity contribution in [2.24, 2.45) is 0 Å². The van der Waals surface area contributed by atoms with Crippen molar-refractivity contribution in [1.82, 2.24) is 6.15 Å². The fourth-order valence-corrected chi connectivity index (χ4v) is 1.61. The van der Waals surface area contributed by atoms with Gasteiger partial charge in [-0.2, -0.15) is 0 Å². The molecule has 0 saturated heterocycles. The molecule has 0 atom stereocenters. The second kappa shape index (κ2) is 2.77. The molecule has 3 N–H and O–H groups in total. The molecule has 3 rings (SSSR count). The van der Waals surface area contributed by atoms with Crippen LogP contribution in [-0.4, -0.2) is 0 Å².